The van der Waals surface area contributed by atoms with E-state index in [1.165, 1.54) is 51.9 Å². The lowest BCUT2D eigenvalue weighted by Gasteiger charge is -2.36. The van der Waals surface area contributed by atoms with Crippen LogP contribution in [0.5, 0.6) is 0 Å². The molecule has 0 aliphatic carbocycles. The van der Waals surface area contributed by atoms with Crippen molar-refractivity contribution in [1.82, 2.24) is 9.80 Å². The van der Waals surface area contributed by atoms with Gasteiger partial charge in [-0.15, -0.1) is 0 Å². The van der Waals surface area contributed by atoms with Crippen LogP contribution in [-0.4, -0.2) is 49.1 Å². The fraction of sp³-hybridized carbons (Fsp3) is 1.00. The molecule has 16 heavy (non-hydrogen) atoms. The van der Waals surface area contributed by atoms with E-state index in [2.05, 4.69) is 37.6 Å². The van der Waals surface area contributed by atoms with E-state index in [0.29, 0.717) is 0 Å². The van der Waals surface area contributed by atoms with Crippen molar-refractivity contribution >= 4 is 0 Å². The Balaban J connectivity index is 2.12. The largest absolute Gasteiger partial charge is 0.304 e. The second-order valence-electron chi connectivity index (χ2n) is 5.68. The summed E-state index contributed by atoms with van der Waals surface area (Å²) in [4.78, 5) is 5.16. The zero-order chi connectivity index (χ0) is 12.0. The van der Waals surface area contributed by atoms with Gasteiger partial charge in [0.25, 0.3) is 0 Å². The Kier molecular flexibility index (Phi) is 6.37. The fourth-order valence-corrected chi connectivity index (χ4v) is 2.57. The molecular weight excluding hydrogens is 196 g/mol. The first-order valence-corrected chi connectivity index (χ1v) is 7.06. The molecule has 1 saturated heterocycles. The Hall–Kier alpha value is -0.0800. The average Bonchev–Trinajstić information content (AvgIpc) is 2.28. The monoisotopic (exact) mass is 226 g/mol. The molecule has 0 atom stereocenters. The van der Waals surface area contributed by atoms with Gasteiger partial charge in [-0.3, -0.25) is 0 Å². The highest BCUT2D eigenvalue weighted by Crippen LogP contribution is 2.16. The maximum Gasteiger partial charge on any atom is 0.0116 e. The lowest BCUT2D eigenvalue weighted by Crippen LogP contribution is -2.43. The van der Waals surface area contributed by atoms with Gasteiger partial charge in [0.1, 0.15) is 0 Å². The summed E-state index contributed by atoms with van der Waals surface area (Å²) in [5.74, 6) is 0.865. The van der Waals surface area contributed by atoms with Gasteiger partial charge in [0.2, 0.25) is 0 Å². The van der Waals surface area contributed by atoms with Crippen molar-refractivity contribution in [1.29, 1.82) is 0 Å². The van der Waals surface area contributed by atoms with Gasteiger partial charge in [0.15, 0.2) is 0 Å². The smallest absolute Gasteiger partial charge is 0.0116 e. The molecule has 0 aromatic heterocycles. The zero-order valence-electron chi connectivity index (χ0n) is 11.7. The van der Waals surface area contributed by atoms with Crippen LogP contribution in [0.2, 0.25) is 0 Å². The number of piperidine rings is 1. The van der Waals surface area contributed by atoms with Crippen LogP contribution >= 0.6 is 0 Å². The Morgan fingerprint density at radius 2 is 1.88 bits per heavy atom. The van der Waals surface area contributed by atoms with Crippen molar-refractivity contribution in [2.24, 2.45) is 5.92 Å². The minimum atomic E-state index is 0.839. The Morgan fingerprint density at radius 1 is 1.25 bits per heavy atom. The van der Waals surface area contributed by atoms with Crippen LogP contribution in [0.25, 0.3) is 0 Å². The normalized spacial score (nSPS) is 19.9. The number of hydrogen-bond donors (Lipinski definition) is 0. The standard InChI is InChI=1S/C14H30N2/c1-5-15(4)14-8-11-16(12-9-14)10-6-7-13(2)3/h13-14H,5-12H2,1-4H3. The Bertz CT molecular complexity index is 172. The number of nitrogens with zero attached hydrogens (tertiary/aromatic N) is 2. The molecule has 0 spiro atoms. The van der Waals surface area contributed by atoms with Gasteiger partial charge in [-0.1, -0.05) is 20.8 Å². The second-order valence-corrected chi connectivity index (χ2v) is 5.68. The summed E-state index contributed by atoms with van der Waals surface area (Å²) in [6.45, 7) is 12.0. The number of hydrogen-bond acceptors (Lipinski definition) is 2. The van der Waals surface area contributed by atoms with E-state index in [4.69, 9.17) is 0 Å². The SMILES string of the molecule is CCN(C)C1CCN(CCCC(C)C)CC1. The molecule has 2 heteroatoms. The van der Waals surface area contributed by atoms with Gasteiger partial charge in [-0.2, -0.15) is 0 Å². The van der Waals surface area contributed by atoms with E-state index >= 15 is 0 Å². The van der Waals surface area contributed by atoms with Crippen molar-refractivity contribution in [2.45, 2.75) is 52.5 Å². The third kappa shape index (κ3) is 4.84. The van der Waals surface area contributed by atoms with Crippen LogP contribution in [0.3, 0.4) is 0 Å². The van der Waals surface area contributed by atoms with Crippen molar-refractivity contribution in [3.05, 3.63) is 0 Å². The molecule has 1 aliphatic rings. The molecule has 0 aromatic carbocycles. The van der Waals surface area contributed by atoms with Gasteiger partial charge in [0, 0.05) is 6.04 Å². The van der Waals surface area contributed by atoms with Crippen molar-refractivity contribution in [2.75, 3.05) is 33.2 Å². The van der Waals surface area contributed by atoms with Crippen LogP contribution in [0.15, 0.2) is 0 Å². The maximum absolute atomic E-state index is 2.66. The van der Waals surface area contributed by atoms with E-state index in [1.54, 1.807) is 0 Å². The first kappa shape index (κ1) is 14.0. The maximum atomic E-state index is 2.66. The van der Waals surface area contributed by atoms with Gasteiger partial charge in [-0.05, 0) is 64.8 Å². The molecule has 0 unspecified atom stereocenters. The highest BCUT2D eigenvalue weighted by atomic mass is 15.2. The van der Waals surface area contributed by atoms with Crippen molar-refractivity contribution < 1.29 is 0 Å². The van der Waals surface area contributed by atoms with Gasteiger partial charge in [0.05, 0.1) is 0 Å². The topological polar surface area (TPSA) is 6.48 Å². The van der Waals surface area contributed by atoms with E-state index in [-0.39, 0.29) is 0 Å². The predicted octanol–water partition coefficient (Wildman–Crippen LogP) is 2.84. The Labute approximate surface area is 102 Å². The molecule has 0 radical (unpaired) electrons. The lowest BCUT2D eigenvalue weighted by molar-refractivity contribution is 0.129. The summed E-state index contributed by atoms with van der Waals surface area (Å²) >= 11 is 0. The molecule has 96 valence electrons. The van der Waals surface area contributed by atoms with E-state index in [1.807, 2.05) is 0 Å². The summed E-state index contributed by atoms with van der Waals surface area (Å²) in [6.07, 6.45) is 5.50. The molecule has 2 nitrogen and oxygen atoms in total. The molecule has 1 fully saturated rings. The first-order valence-electron chi connectivity index (χ1n) is 7.06. The molecule has 0 N–H and O–H groups in total. The van der Waals surface area contributed by atoms with Gasteiger partial charge >= 0.3 is 0 Å². The molecule has 0 bridgehead atoms. The fourth-order valence-electron chi connectivity index (χ4n) is 2.57. The van der Waals surface area contributed by atoms with Gasteiger partial charge in [-0.25, -0.2) is 0 Å². The summed E-state index contributed by atoms with van der Waals surface area (Å²) in [6, 6.07) is 0.839. The second kappa shape index (κ2) is 7.29. The van der Waals surface area contributed by atoms with Crippen LogP contribution in [0.1, 0.15) is 46.5 Å². The predicted molar refractivity (Wildman–Crippen MR) is 71.8 cm³/mol. The minimum Gasteiger partial charge on any atom is -0.304 e. The quantitative estimate of drug-likeness (QED) is 0.687. The summed E-state index contributed by atoms with van der Waals surface area (Å²) in [5.41, 5.74) is 0. The molecule has 0 aromatic rings. The molecule has 0 saturated carbocycles. The molecule has 1 heterocycles. The van der Waals surface area contributed by atoms with Crippen LogP contribution < -0.4 is 0 Å². The van der Waals surface area contributed by atoms with Crippen molar-refractivity contribution in [3.8, 4) is 0 Å². The number of rotatable bonds is 6. The van der Waals surface area contributed by atoms with Crippen LogP contribution in [0.4, 0.5) is 0 Å². The summed E-state index contributed by atoms with van der Waals surface area (Å²) in [5, 5.41) is 0. The minimum absolute atomic E-state index is 0.839. The van der Waals surface area contributed by atoms with Crippen LogP contribution in [-0.2, 0) is 0 Å². The lowest BCUT2D eigenvalue weighted by atomic mass is 10.0. The average molecular weight is 226 g/mol. The summed E-state index contributed by atoms with van der Waals surface area (Å²) in [7, 11) is 2.26. The third-order valence-corrected chi connectivity index (χ3v) is 3.94. The van der Waals surface area contributed by atoms with E-state index in [0.717, 1.165) is 12.0 Å². The van der Waals surface area contributed by atoms with E-state index < -0.39 is 0 Å². The van der Waals surface area contributed by atoms with Crippen molar-refractivity contribution in [3.63, 3.8) is 0 Å². The highest BCUT2D eigenvalue weighted by Gasteiger charge is 2.20. The third-order valence-electron chi connectivity index (χ3n) is 3.94. The molecule has 0 amide bonds. The Morgan fingerprint density at radius 3 is 2.38 bits per heavy atom. The molecule has 1 aliphatic heterocycles. The number of likely N-dealkylation sites (tertiary alicyclic amines) is 1. The van der Waals surface area contributed by atoms with Crippen LogP contribution in [0, 0.1) is 5.92 Å². The highest BCUT2D eigenvalue weighted by molar-refractivity contribution is 4.77. The van der Waals surface area contributed by atoms with E-state index in [9.17, 15) is 0 Å². The zero-order valence-corrected chi connectivity index (χ0v) is 11.7. The summed E-state index contributed by atoms with van der Waals surface area (Å²) < 4.78 is 0. The molecule has 1 rings (SSSR count). The first-order chi connectivity index (χ1) is 7.63. The van der Waals surface area contributed by atoms with Gasteiger partial charge < -0.3 is 9.80 Å². The molecular formula is C14H30N2.